The van der Waals surface area contributed by atoms with Gasteiger partial charge in [-0.1, -0.05) is 0 Å². The van der Waals surface area contributed by atoms with Gasteiger partial charge in [0.25, 0.3) is 6.43 Å². The number of aromatic nitrogens is 1. The van der Waals surface area contributed by atoms with Crippen LogP contribution in [-0.2, 0) is 12.5 Å². The molecule has 1 rings (SSSR count). The van der Waals surface area contributed by atoms with Crippen LogP contribution >= 0.6 is 11.6 Å². The molecule has 6 heteroatoms. The van der Waals surface area contributed by atoms with Crippen LogP contribution < -0.4 is 0 Å². The second kappa shape index (κ2) is 5.01. The third-order valence-electron chi connectivity index (χ3n) is 1.85. The first kappa shape index (κ1) is 11.8. The number of hydrogen-bond donors (Lipinski definition) is 1. The molecule has 0 aliphatic heterocycles. The van der Waals surface area contributed by atoms with Crippen LogP contribution in [-0.4, -0.2) is 10.1 Å². The molecule has 0 aliphatic carbocycles. The van der Waals surface area contributed by atoms with Gasteiger partial charge in [0.15, 0.2) is 0 Å². The molecule has 15 heavy (non-hydrogen) atoms. The minimum atomic E-state index is -2.72. The van der Waals surface area contributed by atoms with E-state index in [9.17, 15) is 8.78 Å². The Hall–Kier alpha value is -1.25. The van der Waals surface area contributed by atoms with Crippen LogP contribution in [0.5, 0.6) is 0 Å². The van der Waals surface area contributed by atoms with E-state index in [0.29, 0.717) is 0 Å². The lowest BCUT2D eigenvalue weighted by molar-refractivity contribution is 0.149. The van der Waals surface area contributed by atoms with Crippen LogP contribution in [0.1, 0.15) is 28.9 Å². The molecule has 0 fully saturated rings. The van der Waals surface area contributed by atoms with Crippen LogP contribution in [0.4, 0.5) is 8.78 Å². The Morgan fingerprint density at radius 3 is 2.67 bits per heavy atom. The molecule has 0 unspecified atom stereocenters. The lowest BCUT2D eigenvalue weighted by Crippen LogP contribution is -2.03. The Morgan fingerprint density at radius 2 is 2.27 bits per heavy atom. The number of nitrogens with zero attached hydrogens (tertiary/aromatic N) is 2. The molecule has 0 amide bonds. The van der Waals surface area contributed by atoms with Crippen molar-refractivity contribution in [3.8, 4) is 6.07 Å². The van der Waals surface area contributed by atoms with Gasteiger partial charge < -0.3 is 5.11 Å². The number of alkyl halides is 3. The van der Waals surface area contributed by atoms with E-state index in [1.54, 1.807) is 6.07 Å². The zero-order chi connectivity index (χ0) is 11.4. The quantitative estimate of drug-likeness (QED) is 0.812. The minimum Gasteiger partial charge on any atom is -0.392 e. The zero-order valence-corrected chi connectivity index (χ0v) is 8.30. The average molecular weight is 233 g/mol. The van der Waals surface area contributed by atoms with E-state index in [1.165, 1.54) is 0 Å². The van der Waals surface area contributed by atoms with Crippen molar-refractivity contribution < 1.29 is 13.9 Å². The highest BCUT2D eigenvalue weighted by molar-refractivity contribution is 6.17. The second-order valence-electron chi connectivity index (χ2n) is 2.74. The summed E-state index contributed by atoms with van der Waals surface area (Å²) in [5, 5.41) is 17.5. The van der Waals surface area contributed by atoms with E-state index in [2.05, 4.69) is 4.98 Å². The van der Waals surface area contributed by atoms with Gasteiger partial charge in [0, 0.05) is 11.1 Å². The molecular formula is C9H7ClF2N2O. The van der Waals surface area contributed by atoms with Crippen molar-refractivity contribution in [1.29, 1.82) is 5.26 Å². The molecular weight excluding hydrogens is 226 g/mol. The van der Waals surface area contributed by atoms with Crippen molar-refractivity contribution in [3.05, 3.63) is 28.6 Å². The average Bonchev–Trinajstić information content (AvgIpc) is 2.26. The van der Waals surface area contributed by atoms with Gasteiger partial charge in [0.1, 0.15) is 11.8 Å². The van der Waals surface area contributed by atoms with Crippen LogP contribution in [0.15, 0.2) is 6.07 Å². The first-order valence-electron chi connectivity index (χ1n) is 4.01. The Kier molecular flexibility index (Phi) is 3.95. The van der Waals surface area contributed by atoms with Gasteiger partial charge in [-0.2, -0.15) is 5.26 Å². The lowest BCUT2D eigenvalue weighted by atomic mass is 10.1. The van der Waals surface area contributed by atoms with Crippen LogP contribution in [0.25, 0.3) is 0 Å². The molecule has 0 saturated carbocycles. The van der Waals surface area contributed by atoms with Gasteiger partial charge in [-0.25, -0.2) is 13.8 Å². The highest BCUT2D eigenvalue weighted by Gasteiger charge is 2.17. The summed E-state index contributed by atoms with van der Waals surface area (Å²) < 4.78 is 25.0. The Morgan fingerprint density at radius 1 is 1.60 bits per heavy atom. The van der Waals surface area contributed by atoms with E-state index in [1.807, 2.05) is 0 Å². The van der Waals surface area contributed by atoms with E-state index in [0.717, 1.165) is 6.07 Å². The molecule has 0 atom stereocenters. The van der Waals surface area contributed by atoms with Crippen molar-refractivity contribution in [3.63, 3.8) is 0 Å². The lowest BCUT2D eigenvalue weighted by Gasteiger charge is -2.08. The number of nitriles is 1. The van der Waals surface area contributed by atoms with Crippen molar-refractivity contribution in [2.75, 3.05) is 0 Å². The van der Waals surface area contributed by atoms with Gasteiger partial charge >= 0.3 is 0 Å². The molecule has 0 aromatic carbocycles. The van der Waals surface area contributed by atoms with Gasteiger partial charge in [-0.05, 0) is 6.07 Å². The highest BCUT2D eigenvalue weighted by atomic mass is 35.5. The zero-order valence-electron chi connectivity index (χ0n) is 7.54. The number of pyridine rings is 1. The number of aliphatic hydroxyl groups excluding tert-OH is 1. The normalized spacial score (nSPS) is 10.4. The summed E-state index contributed by atoms with van der Waals surface area (Å²) in [6.45, 7) is -0.502. The largest absolute Gasteiger partial charge is 0.392 e. The standard InChI is InChI=1S/C9H7ClF2N2O/c10-2-7-6(9(11)12)1-5(4-15)8(3-13)14-7/h1,9,15H,2,4H2. The van der Waals surface area contributed by atoms with Crippen molar-refractivity contribution in [2.45, 2.75) is 18.9 Å². The van der Waals surface area contributed by atoms with Gasteiger partial charge in [0.2, 0.25) is 0 Å². The topological polar surface area (TPSA) is 56.9 Å². The van der Waals surface area contributed by atoms with E-state index >= 15 is 0 Å². The SMILES string of the molecule is N#Cc1nc(CCl)c(C(F)F)cc1CO. The van der Waals surface area contributed by atoms with E-state index in [4.69, 9.17) is 22.0 Å². The molecule has 1 N–H and O–H groups in total. The molecule has 1 aromatic rings. The van der Waals surface area contributed by atoms with Gasteiger partial charge in [-0.3, -0.25) is 0 Å². The minimum absolute atomic E-state index is 0.0274. The molecule has 0 spiro atoms. The summed E-state index contributed by atoms with van der Waals surface area (Å²) in [6, 6.07) is 2.78. The van der Waals surface area contributed by atoms with Crippen molar-refractivity contribution in [2.24, 2.45) is 0 Å². The monoisotopic (exact) mass is 232 g/mol. The predicted octanol–water partition coefficient (Wildman–Crippen LogP) is 2.12. The number of rotatable bonds is 3. The van der Waals surface area contributed by atoms with Crippen LogP contribution in [0, 0.1) is 11.3 Å². The maximum Gasteiger partial charge on any atom is 0.265 e. The van der Waals surface area contributed by atoms with Crippen LogP contribution in [0.2, 0.25) is 0 Å². The maximum atomic E-state index is 12.5. The summed E-state index contributed by atoms with van der Waals surface area (Å²) in [4.78, 5) is 3.67. The van der Waals surface area contributed by atoms with Crippen molar-refractivity contribution >= 4 is 11.6 Å². The summed E-state index contributed by atoms with van der Waals surface area (Å²) in [7, 11) is 0. The molecule has 0 bridgehead atoms. The summed E-state index contributed by atoms with van der Waals surface area (Å²) >= 11 is 5.43. The second-order valence-corrected chi connectivity index (χ2v) is 3.00. The van der Waals surface area contributed by atoms with Gasteiger partial charge in [-0.15, -0.1) is 11.6 Å². The highest BCUT2D eigenvalue weighted by Crippen LogP contribution is 2.25. The van der Waals surface area contributed by atoms with Crippen molar-refractivity contribution in [1.82, 2.24) is 4.98 Å². The summed E-state index contributed by atoms with van der Waals surface area (Å²) in [5.74, 6) is -0.194. The molecule has 1 aromatic heterocycles. The number of halogens is 3. The maximum absolute atomic E-state index is 12.5. The molecule has 0 aliphatic rings. The molecule has 0 radical (unpaired) electrons. The fourth-order valence-corrected chi connectivity index (χ4v) is 1.34. The molecule has 80 valence electrons. The predicted molar refractivity (Wildman–Crippen MR) is 49.4 cm³/mol. The molecule has 3 nitrogen and oxygen atoms in total. The third-order valence-corrected chi connectivity index (χ3v) is 2.10. The van der Waals surface area contributed by atoms with E-state index in [-0.39, 0.29) is 28.4 Å². The van der Waals surface area contributed by atoms with Crippen LogP contribution in [0.3, 0.4) is 0 Å². The van der Waals surface area contributed by atoms with E-state index < -0.39 is 13.0 Å². The first-order chi connectivity index (χ1) is 7.13. The Bertz CT molecular complexity index is 404. The molecule has 0 saturated heterocycles. The first-order valence-corrected chi connectivity index (χ1v) is 4.55. The Labute approximate surface area is 89.9 Å². The number of aliphatic hydroxyl groups is 1. The third kappa shape index (κ3) is 2.41. The number of hydrogen-bond acceptors (Lipinski definition) is 3. The summed E-state index contributed by atoms with van der Waals surface area (Å²) in [6.07, 6.45) is -2.72. The smallest absolute Gasteiger partial charge is 0.265 e. The fourth-order valence-electron chi connectivity index (χ4n) is 1.12. The Balaban J connectivity index is 3.36. The van der Waals surface area contributed by atoms with Gasteiger partial charge in [0.05, 0.1) is 18.2 Å². The fraction of sp³-hybridized carbons (Fsp3) is 0.333. The summed E-state index contributed by atoms with van der Waals surface area (Å²) in [5.41, 5.74) is -0.354. The molecule has 1 heterocycles.